The summed E-state index contributed by atoms with van der Waals surface area (Å²) in [5.74, 6) is -0.739. The molecule has 6 nitrogen and oxygen atoms in total. The van der Waals surface area contributed by atoms with Crippen molar-refractivity contribution in [3.05, 3.63) is 42.0 Å². The molecule has 1 heterocycles. The number of rotatable bonds is 8. The van der Waals surface area contributed by atoms with Crippen LogP contribution in [0.5, 0.6) is 0 Å². The molecule has 130 valence electrons. The minimum absolute atomic E-state index is 0.148. The fourth-order valence-corrected chi connectivity index (χ4v) is 2.66. The van der Waals surface area contributed by atoms with Gasteiger partial charge in [0.25, 0.3) is 5.91 Å². The minimum atomic E-state index is -0.897. The summed E-state index contributed by atoms with van der Waals surface area (Å²) >= 11 is 0. The molecule has 0 aliphatic heterocycles. The molecule has 1 aromatic heterocycles. The van der Waals surface area contributed by atoms with E-state index in [1.54, 1.807) is 12.1 Å². The highest BCUT2D eigenvalue weighted by molar-refractivity contribution is 5.91. The largest absolute Gasteiger partial charge is 0.388 e. The van der Waals surface area contributed by atoms with Crippen LogP contribution >= 0.6 is 0 Å². The molecular weight excluding hydrogens is 311 g/mol. The Morgan fingerprint density at radius 2 is 1.88 bits per heavy atom. The number of hydrogen-bond donors (Lipinski definition) is 2. The van der Waals surface area contributed by atoms with Crippen LogP contribution in [-0.2, 0) is 0 Å². The second-order valence-electron chi connectivity index (χ2n) is 5.93. The van der Waals surface area contributed by atoms with E-state index in [1.165, 1.54) is 23.0 Å². The number of aromatic nitrogens is 3. The molecule has 1 amide bonds. The Morgan fingerprint density at radius 3 is 2.46 bits per heavy atom. The number of aliphatic hydroxyl groups is 1. The monoisotopic (exact) mass is 334 g/mol. The molecule has 0 spiro atoms. The minimum Gasteiger partial charge on any atom is -0.388 e. The highest BCUT2D eigenvalue weighted by atomic mass is 19.1. The van der Waals surface area contributed by atoms with Crippen LogP contribution in [0, 0.1) is 5.82 Å². The molecular formula is C17H23FN4O2. The predicted octanol–water partition coefficient (Wildman–Crippen LogP) is 2.47. The highest BCUT2D eigenvalue weighted by Gasteiger charge is 2.26. The maximum atomic E-state index is 12.9. The zero-order valence-corrected chi connectivity index (χ0v) is 14.0. The van der Waals surface area contributed by atoms with Crippen LogP contribution in [0.1, 0.15) is 50.0 Å². The third-order valence-corrected chi connectivity index (χ3v) is 3.83. The second kappa shape index (κ2) is 8.01. The van der Waals surface area contributed by atoms with Gasteiger partial charge in [-0.1, -0.05) is 31.9 Å². The van der Waals surface area contributed by atoms with Crippen LogP contribution < -0.4 is 5.32 Å². The Balaban J connectivity index is 2.01. The number of carbonyl (C=O) groups is 1. The number of nitrogens with zero attached hydrogens (tertiary/aromatic N) is 3. The lowest BCUT2D eigenvalue weighted by atomic mass is 9.92. The first-order valence-corrected chi connectivity index (χ1v) is 8.16. The lowest BCUT2D eigenvalue weighted by molar-refractivity contribution is 0.0212. The van der Waals surface area contributed by atoms with Crippen LogP contribution in [-0.4, -0.2) is 38.2 Å². The van der Waals surface area contributed by atoms with Crippen molar-refractivity contribution in [3.8, 4) is 5.69 Å². The van der Waals surface area contributed by atoms with Crippen molar-refractivity contribution in [1.29, 1.82) is 0 Å². The number of halogens is 1. The molecule has 0 atom stereocenters. The van der Waals surface area contributed by atoms with Crippen molar-refractivity contribution < 1.29 is 14.3 Å². The number of amides is 1. The molecule has 0 saturated heterocycles. The third kappa shape index (κ3) is 4.61. The van der Waals surface area contributed by atoms with Crippen LogP contribution in [0.2, 0.25) is 0 Å². The third-order valence-electron chi connectivity index (χ3n) is 3.83. The van der Waals surface area contributed by atoms with Gasteiger partial charge < -0.3 is 10.4 Å². The van der Waals surface area contributed by atoms with E-state index in [9.17, 15) is 14.3 Å². The van der Waals surface area contributed by atoms with Crippen LogP contribution in [0.15, 0.2) is 30.5 Å². The normalized spacial score (nSPS) is 11.5. The van der Waals surface area contributed by atoms with Crippen molar-refractivity contribution in [3.63, 3.8) is 0 Å². The number of benzene rings is 1. The predicted molar refractivity (Wildman–Crippen MR) is 88.4 cm³/mol. The van der Waals surface area contributed by atoms with E-state index in [0.717, 1.165) is 12.8 Å². The Bertz CT molecular complexity index is 663. The molecule has 7 heteroatoms. The van der Waals surface area contributed by atoms with Crippen LogP contribution in [0.3, 0.4) is 0 Å². The Morgan fingerprint density at radius 1 is 1.25 bits per heavy atom. The van der Waals surface area contributed by atoms with E-state index in [1.807, 2.05) is 13.8 Å². The lowest BCUT2D eigenvalue weighted by Crippen LogP contribution is -2.43. The van der Waals surface area contributed by atoms with Gasteiger partial charge in [0, 0.05) is 6.54 Å². The lowest BCUT2D eigenvalue weighted by Gasteiger charge is -2.27. The summed E-state index contributed by atoms with van der Waals surface area (Å²) in [5, 5.41) is 21.0. The summed E-state index contributed by atoms with van der Waals surface area (Å²) in [5.41, 5.74) is -0.141. The van der Waals surface area contributed by atoms with E-state index >= 15 is 0 Å². The molecule has 0 radical (unpaired) electrons. The van der Waals surface area contributed by atoms with Gasteiger partial charge in [0.15, 0.2) is 5.69 Å². The van der Waals surface area contributed by atoms with Gasteiger partial charge in [0.2, 0.25) is 0 Å². The number of hydrogen-bond acceptors (Lipinski definition) is 4. The van der Waals surface area contributed by atoms with Crippen molar-refractivity contribution in [2.75, 3.05) is 6.54 Å². The maximum Gasteiger partial charge on any atom is 0.273 e. The summed E-state index contributed by atoms with van der Waals surface area (Å²) in [4.78, 5) is 12.2. The van der Waals surface area contributed by atoms with Gasteiger partial charge in [-0.25, -0.2) is 9.07 Å². The molecule has 2 rings (SSSR count). The maximum absolute atomic E-state index is 12.9. The molecule has 2 N–H and O–H groups in total. The van der Waals surface area contributed by atoms with E-state index in [4.69, 9.17) is 0 Å². The second-order valence-corrected chi connectivity index (χ2v) is 5.93. The molecule has 2 aromatic rings. The molecule has 0 bridgehead atoms. The van der Waals surface area contributed by atoms with Gasteiger partial charge in [0.1, 0.15) is 5.82 Å². The molecule has 0 saturated carbocycles. The Labute approximate surface area is 140 Å². The van der Waals surface area contributed by atoms with Crippen molar-refractivity contribution >= 4 is 5.91 Å². The fourth-order valence-electron chi connectivity index (χ4n) is 2.66. The van der Waals surface area contributed by atoms with Gasteiger partial charge in [-0.05, 0) is 37.1 Å². The van der Waals surface area contributed by atoms with E-state index in [0.29, 0.717) is 18.5 Å². The van der Waals surface area contributed by atoms with Gasteiger partial charge in [-0.2, -0.15) is 0 Å². The van der Waals surface area contributed by atoms with Gasteiger partial charge in [-0.15, -0.1) is 5.10 Å². The summed E-state index contributed by atoms with van der Waals surface area (Å²) in [7, 11) is 0. The molecule has 0 unspecified atom stereocenters. The summed E-state index contributed by atoms with van der Waals surface area (Å²) < 4.78 is 14.3. The number of nitrogens with one attached hydrogen (secondary N) is 1. The molecule has 1 aromatic carbocycles. The van der Waals surface area contributed by atoms with Crippen molar-refractivity contribution in [2.45, 2.75) is 45.1 Å². The van der Waals surface area contributed by atoms with E-state index in [-0.39, 0.29) is 18.1 Å². The topological polar surface area (TPSA) is 80.0 Å². The average molecular weight is 334 g/mol. The molecule has 0 fully saturated rings. The zero-order valence-electron chi connectivity index (χ0n) is 14.0. The smallest absolute Gasteiger partial charge is 0.273 e. The van der Waals surface area contributed by atoms with Gasteiger partial charge >= 0.3 is 0 Å². The molecule has 24 heavy (non-hydrogen) atoms. The van der Waals surface area contributed by atoms with Crippen molar-refractivity contribution in [1.82, 2.24) is 20.3 Å². The molecule has 0 aliphatic rings. The van der Waals surface area contributed by atoms with Crippen LogP contribution in [0.25, 0.3) is 5.69 Å². The number of carbonyl (C=O) groups excluding carboxylic acids is 1. The standard InChI is InChI=1S/C17H23FN4O2/c1-3-9-17(24,10-4-2)12-19-16(23)15-11-22(21-20-15)14-7-5-13(18)6-8-14/h5-8,11,24H,3-4,9-10,12H2,1-2H3,(H,19,23). The van der Waals surface area contributed by atoms with Gasteiger partial charge in [-0.3, -0.25) is 4.79 Å². The van der Waals surface area contributed by atoms with E-state index in [2.05, 4.69) is 15.6 Å². The first kappa shape index (κ1) is 18.1. The summed E-state index contributed by atoms with van der Waals surface area (Å²) in [6.45, 7) is 4.17. The van der Waals surface area contributed by atoms with Crippen LogP contribution in [0.4, 0.5) is 4.39 Å². The summed E-state index contributed by atoms with van der Waals surface area (Å²) in [6.07, 6.45) is 4.41. The summed E-state index contributed by atoms with van der Waals surface area (Å²) in [6, 6.07) is 5.72. The quantitative estimate of drug-likeness (QED) is 0.777. The first-order valence-electron chi connectivity index (χ1n) is 8.16. The van der Waals surface area contributed by atoms with E-state index < -0.39 is 11.5 Å². The average Bonchev–Trinajstić information content (AvgIpc) is 3.04. The molecule has 0 aliphatic carbocycles. The van der Waals surface area contributed by atoms with Gasteiger partial charge in [0.05, 0.1) is 17.5 Å². The Kier molecular flexibility index (Phi) is 6.03. The zero-order chi connectivity index (χ0) is 17.6. The van der Waals surface area contributed by atoms with Crippen molar-refractivity contribution in [2.24, 2.45) is 0 Å². The Hall–Kier alpha value is -2.28. The highest BCUT2D eigenvalue weighted by Crippen LogP contribution is 2.18. The SMILES string of the molecule is CCCC(O)(CCC)CNC(=O)c1cn(-c2ccc(F)cc2)nn1. The first-order chi connectivity index (χ1) is 11.5. The fraction of sp³-hybridized carbons (Fsp3) is 0.471.